The monoisotopic (exact) mass is 282 g/mol. The number of hydrogen-bond donors (Lipinski definition) is 2. The lowest BCUT2D eigenvalue weighted by Crippen LogP contribution is -2.10. The molecule has 106 valence electrons. The molecule has 20 heavy (non-hydrogen) atoms. The van der Waals surface area contributed by atoms with Gasteiger partial charge in [-0.25, -0.2) is 9.97 Å². The molecule has 3 N–H and O–H groups in total. The van der Waals surface area contributed by atoms with Crippen molar-refractivity contribution in [3.63, 3.8) is 0 Å². The Morgan fingerprint density at radius 1 is 1.25 bits per heavy atom. The summed E-state index contributed by atoms with van der Waals surface area (Å²) in [6.07, 6.45) is 0.416. The number of halogens is 3. The summed E-state index contributed by atoms with van der Waals surface area (Å²) in [4.78, 5) is 8.00. The topological polar surface area (TPSA) is 63.8 Å². The van der Waals surface area contributed by atoms with E-state index in [4.69, 9.17) is 5.73 Å². The Balaban J connectivity index is 2.37. The molecule has 0 saturated carbocycles. The Bertz CT molecular complexity index is 600. The van der Waals surface area contributed by atoms with Gasteiger partial charge in [-0.2, -0.15) is 13.2 Å². The molecule has 0 bridgehead atoms. The van der Waals surface area contributed by atoms with Crippen molar-refractivity contribution < 1.29 is 13.2 Å². The predicted molar refractivity (Wildman–Crippen MR) is 70.6 cm³/mol. The van der Waals surface area contributed by atoms with Crippen LogP contribution in [0.3, 0.4) is 0 Å². The lowest BCUT2D eigenvalue weighted by atomic mass is 10.1. The zero-order valence-electron chi connectivity index (χ0n) is 10.7. The molecule has 1 heterocycles. The molecule has 1 aliphatic rings. The molecule has 0 amide bonds. The van der Waals surface area contributed by atoms with Crippen LogP contribution in [-0.4, -0.2) is 23.2 Å². The molecule has 4 nitrogen and oxygen atoms in total. The van der Waals surface area contributed by atoms with Crippen molar-refractivity contribution in [1.29, 1.82) is 0 Å². The molecule has 2 rings (SSSR count). The fourth-order valence-corrected chi connectivity index (χ4v) is 1.78. The average Bonchev–Trinajstić information content (AvgIpc) is 2.60. The molecule has 1 aromatic rings. The number of nitrogens with two attached hydrogens (primary N) is 1. The van der Waals surface area contributed by atoms with Crippen molar-refractivity contribution in [2.75, 3.05) is 12.4 Å². The van der Waals surface area contributed by atoms with Gasteiger partial charge in [0.1, 0.15) is 12.1 Å². The van der Waals surface area contributed by atoms with Gasteiger partial charge in [0.25, 0.3) is 0 Å². The zero-order chi connectivity index (χ0) is 14.8. The molecule has 0 aliphatic heterocycles. The first kappa shape index (κ1) is 14.1. The number of nitrogens with zero attached hydrogens (tertiary/aromatic N) is 2. The Morgan fingerprint density at radius 3 is 2.65 bits per heavy atom. The van der Waals surface area contributed by atoms with E-state index in [1.165, 1.54) is 18.5 Å². The van der Waals surface area contributed by atoms with Gasteiger partial charge in [0.2, 0.25) is 0 Å². The minimum atomic E-state index is -4.36. The van der Waals surface area contributed by atoms with E-state index in [2.05, 4.69) is 15.3 Å². The molecule has 0 saturated heterocycles. The summed E-state index contributed by atoms with van der Waals surface area (Å²) in [7, 11) is 1.69. The van der Waals surface area contributed by atoms with Gasteiger partial charge in [0.05, 0.1) is 5.69 Å². The van der Waals surface area contributed by atoms with Crippen LogP contribution in [0.5, 0.6) is 0 Å². The Labute approximate surface area is 113 Å². The van der Waals surface area contributed by atoms with Crippen molar-refractivity contribution in [3.05, 3.63) is 47.6 Å². The summed E-state index contributed by atoms with van der Waals surface area (Å²) in [5.41, 5.74) is 6.36. The van der Waals surface area contributed by atoms with E-state index in [1.807, 2.05) is 0 Å². The number of allylic oxidation sites excluding steroid dienone is 5. The van der Waals surface area contributed by atoms with Crippen LogP contribution in [0.15, 0.2) is 41.9 Å². The molecular weight excluding hydrogens is 269 g/mol. The third kappa shape index (κ3) is 2.98. The van der Waals surface area contributed by atoms with Crippen molar-refractivity contribution >= 4 is 11.4 Å². The third-order valence-corrected chi connectivity index (χ3v) is 2.86. The smallest absolute Gasteiger partial charge is 0.398 e. The maximum absolute atomic E-state index is 12.7. The summed E-state index contributed by atoms with van der Waals surface area (Å²) in [6, 6.07) is 1.63. The zero-order valence-corrected chi connectivity index (χ0v) is 10.7. The first-order valence-corrected chi connectivity index (χ1v) is 5.86. The highest BCUT2D eigenvalue weighted by Gasteiger charge is 2.33. The second-order valence-electron chi connectivity index (χ2n) is 4.17. The van der Waals surface area contributed by atoms with E-state index in [0.29, 0.717) is 17.1 Å². The molecule has 0 fully saturated rings. The van der Waals surface area contributed by atoms with Crippen molar-refractivity contribution in [3.8, 4) is 0 Å². The second kappa shape index (κ2) is 5.36. The van der Waals surface area contributed by atoms with Crippen molar-refractivity contribution in [2.24, 2.45) is 5.73 Å². The van der Waals surface area contributed by atoms with Gasteiger partial charge in [-0.05, 0) is 12.5 Å². The third-order valence-electron chi connectivity index (χ3n) is 2.86. The van der Waals surface area contributed by atoms with Crippen LogP contribution in [0.25, 0.3) is 5.57 Å². The standard InChI is InChI=1S/C13H13F3N4/c1-18-12-6-11(19-7-20-12)9-4-2-8(13(14,15)16)3-5-10(9)17/h3-7H,2,17H2,1H3,(H,18,19,20). The number of aromatic nitrogens is 2. The van der Waals surface area contributed by atoms with Crippen LogP contribution in [0.2, 0.25) is 0 Å². The van der Waals surface area contributed by atoms with E-state index in [9.17, 15) is 13.2 Å². The van der Waals surface area contributed by atoms with Gasteiger partial charge in [-0.15, -0.1) is 0 Å². The van der Waals surface area contributed by atoms with E-state index in [0.717, 1.165) is 6.08 Å². The Kier molecular flexibility index (Phi) is 3.78. The van der Waals surface area contributed by atoms with Gasteiger partial charge in [-0.3, -0.25) is 0 Å². The number of nitrogens with one attached hydrogen (secondary N) is 1. The van der Waals surface area contributed by atoms with Crippen LogP contribution in [0.1, 0.15) is 12.1 Å². The lowest BCUT2D eigenvalue weighted by molar-refractivity contribution is -0.0928. The number of rotatable bonds is 2. The largest absolute Gasteiger partial charge is 0.412 e. The molecule has 0 unspecified atom stereocenters. The van der Waals surface area contributed by atoms with Crippen LogP contribution in [-0.2, 0) is 0 Å². The van der Waals surface area contributed by atoms with Crippen molar-refractivity contribution in [1.82, 2.24) is 9.97 Å². The minimum Gasteiger partial charge on any atom is -0.398 e. The highest BCUT2D eigenvalue weighted by atomic mass is 19.4. The van der Waals surface area contributed by atoms with Gasteiger partial charge in [-0.1, -0.05) is 12.2 Å². The normalized spacial score (nSPS) is 15.9. The first-order valence-electron chi connectivity index (χ1n) is 5.86. The highest BCUT2D eigenvalue weighted by molar-refractivity contribution is 5.78. The van der Waals surface area contributed by atoms with Crippen LogP contribution in [0.4, 0.5) is 19.0 Å². The second-order valence-corrected chi connectivity index (χ2v) is 4.17. The summed E-state index contributed by atoms with van der Waals surface area (Å²) in [5.74, 6) is 0.567. The molecule has 1 aromatic heterocycles. The fraction of sp³-hybridized carbons (Fsp3) is 0.231. The summed E-state index contributed by atoms with van der Waals surface area (Å²) in [6.45, 7) is 0. The molecule has 0 radical (unpaired) electrons. The van der Waals surface area contributed by atoms with Crippen molar-refractivity contribution in [2.45, 2.75) is 12.6 Å². The Morgan fingerprint density at radius 2 is 2.00 bits per heavy atom. The van der Waals surface area contributed by atoms with Crippen LogP contribution < -0.4 is 11.1 Å². The lowest BCUT2D eigenvalue weighted by Gasteiger charge is -2.09. The number of hydrogen-bond acceptors (Lipinski definition) is 4. The van der Waals surface area contributed by atoms with Gasteiger partial charge in [0, 0.05) is 30.0 Å². The number of anilines is 1. The molecule has 0 atom stereocenters. The first-order chi connectivity index (χ1) is 9.41. The average molecular weight is 282 g/mol. The van der Waals surface area contributed by atoms with E-state index >= 15 is 0 Å². The maximum Gasteiger partial charge on any atom is 0.412 e. The summed E-state index contributed by atoms with van der Waals surface area (Å²) < 4.78 is 38.1. The van der Waals surface area contributed by atoms with E-state index < -0.39 is 11.7 Å². The number of alkyl halides is 3. The molecule has 1 aliphatic carbocycles. The van der Waals surface area contributed by atoms with Crippen LogP contribution >= 0.6 is 0 Å². The maximum atomic E-state index is 12.7. The molecule has 0 aromatic carbocycles. The fourth-order valence-electron chi connectivity index (χ4n) is 1.78. The minimum absolute atomic E-state index is 0.241. The van der Waals surface area contributed by atoms with Gasteiger partial charge >= 0.3 is 6.18 Å². The van der Waals surface area contributed by atoms with E-state index in [-0.39, 0.29) is 12.1 Å². The SMILES string of the molecule is CNc1cc(C2=CCC(C(F)(F)F)=CC=C2N)ncn1. The predicted octanol–water partition coefficient (Wildman–Crippen LogP) is 2.64. The molecule has 7 heteroatoms. The van der Waals surface area contributed by atoms with Gasteiger partial charge in [0.15, 0.2) is 0 Å². The molecular formula is C13H13F3N4. The van der Waals surface area contributed by atoms with Crippen LogP contribution in [0, 0.1) is 0 Å². The highest BCUT2D eigenvalue weighted by Crippen LogP contribution is 2.32. The van der Waals surface area contributed by atoms with E-state index in [1.54, 1.807) is 13.1 Å². The quantitative estimate of drug-likeness (QED) is 0.875. The Hall–Kier alpha value is -2.31. The van der Waals surface area contributed by atoms with Gasteiger partial charge < -0.3 is 11.1 Å². The summed E-state index contributed by atoms with van der Waals surface area (Å²) in [5, 5.41) is 2.84. The summed E-state index contributed by atoms with van der Waals surface area (Å²) >= 11 is 0. The molecule has 0 spiro atoms.